The van der Waals surface area contributed by atoms with Gasteiger partial charge in [-0.1, -0.05) is 31.5 Å². The number of aryl methyl sites for hydroxylation is 2. The van der Waals surface area contributed by atoms with Crippen LogP contribution in [0.5, 0.6) is 0 Å². The number of nitrogens with zero attached hydrogens (tertiary/aromatic N) is 1. The standard InChI is InChI=1S/C22H29N3O/c1-4-17-7-5-6-14(2)21(17)25-22(26)19(12-23)13-24-15(3)20-11-16-8-9-18(20)10-16/h5-7,13,15-16,18,20,24H,4,8-11H2,1-3H3,(H,25,26)/b19-13-. The largest absolute Gasteiger partial charge is 0.387 e. The van der Waals surface area contributed by atoms with E-state index in [-0.39, 0.29) is 11.5 Å². The summed E-state index contributed by atoms with van der Waals surface area (Å²) in [7, 11) is 0. The second-order valence-electron chi connectivity index (χ2n) is 7.88. The van der Waals surface area contributed by atoms with Gasteiger partial charge in [-0.15, -0.1) is 0 Å². The lowest BCUT2D eigenvalue weighted by Gasteiger charge is -2.28. The molecule has 4 heteroatoms. The molecule has 2 aliphatic rings. The first kappa shape index (κ1) is 18.5. The number of hydrogen-bond acceptors (Lipinski definition) is 3. The van der Waals surface area contributed by atoms with E-state index in [1.807, 2.05) is 31.2 Å². The maximum absolute atomic E-state index is 12.6. The molecule has 0 aliphatic heterocycles. The fraction of sp³-hybridized carbons (Fsp3) is 0.545. The molecule has 138 valence electrons. The molecule has 0 heterocycles. The normalized spacial score (nSPS) is 25.6. The smallest absolute Gasteiger partial charge is 0.267 e. The highest BCUT2D eigenvalue weighted by atomic mass is 16.1. The predicted molar refractivity (Wildman–Crippen MR) is 104 cm³/mol. The highest BCUT2D eigenvalue weighted by Crippen LogP contribution is 2.49. The molecule has 26 heavy (non-hydrogen) atoms. The van der Waals surface area contributed by atoms with E-state index in [1.165, 1.54) is 25.7 Å². The topological polar surface area (TPSA) is 64.9 Å². The molecular formula is C22H29N3O. The number of fused-ring (bicyclic) bond motifs is 2. The highest BCUT2D eigenvalue weighted by molar-refractivity contribution is 6.07. The number of anilines is 1. The van der Waals surface area contributed by atoms with Gasteiger partial charge in [0, 0.05) is 17.9 Å². The number of nitriles is 1. The molecule has 1 amide bonds. The van der Waals surface area contributed by atoms with Crippen LogP contribution in [0.15, 0.2) is 30.0 Å². The summed E-state index contributed by atoms with van der Waals surface area (Å²) in [5.74, 6) is 2.03. The van der Waals surface area contributed by atoms with Crippen LogP contribution >= 0.6 is 0 Å². The molecule has 1 aromatic carbocycles. The Morgan fingerprint density at radius 3 is 2.81 bits per heavy atom. The third-order valence-electron chi connectivity index (χ3n) is 6.27. The lowest BCUT2D eigenvalue weighted by Crippen LogP contribution is -2.34. The molecule has 4 nitrogen and oxygen atoms in total. The fourth-order valence-electron chi connectivity index (χ4n) is 4.78. The van der Waals surface area contributed by atoms with Crippen LogP contribution in [0.25, 0.3) is 0 Å². The number of para-hydroxylation sites is 1. The molecule has 0 spiro atoms. The Morgan fingerprint density at radius 1 is 1.38 bits per heavy atom. The van der Waals surface area contributed by atoms with Gasteiger partial charge < -0.3 is 10.6 Å². The van der Waals surface area contributed by atoms with E-state index >= 15 is 0 Å². The molecule has 0 saturated heterocycles. The van der Waals surface area contributed by atoms with Gasteiger partial charge in [0.25, 0.3) is 5.91 Å². The van der Waals surface area contributed by atoms with Gasteiger partial charge in [-0.2, -0.15) is 5.26 Å². The molecule has 2 N–H and O–H groups in total. The zero-order valence-electron chi connectivity index (χ0n) is 16.0. The van der Waals surface area contributed by atoms with Crippen LogP contribution in [-0.4, -0.2) is 11.9 Å². The first-order valence-corrected chi connectivity index (χ1v) is 9.79. The number of nitrogens with one attached hydrogen (secondary N) is 2. The second kappa shape index (κ2) is 7.95. The van der Waals surface area contributed by atoms with Gasteiger partial charge in [0.2, 0.25) is 0 Å². The molecule has 2 bridgehead atoms. The first-order chi connectivity index (χ1) is 12.5. The van der Waals surface area contributed by atoms with Crippen molar-refractivity contribution < 1.29 is 4.79 Å². The van der Waals surface area contributed by atoms with Crippen LogP contribution < -0.4 is 10.6 Å². The van der Waals surface area contributed by atoms with Gasteiger partial charge in [0.1, 0.15) is 11.6 Å². The van der Waals surface area contributed by atoms with Crippen molar-refractivity contribution in [1.29, 1.82) is 5.26 Å². The lowest BCUT2D eigenvalue weighted by molar-refractivity contribution is -0.112. The minimum Gasteiger partial charge on any atom is -0.387 e. The zero-order valence-corrected chi connectivity index (χ0v) is 16.0. The van der Waals surface area contributed by atoms with Gasteiger partial charge in [-0.3, -0.25) is 4.79 Å². The number of carbonyl (C=O) groups is 1. The minimum atomic E-state index is -0.343. The van der Waals surface area contributed by atoms with Gasteiger partial charge >= 0.3 is 0 Å². The van der Waals surface area contributed by atoms with Crippen molar-refractivity contribution in [2.75, 3.05) is 5.32 Å². The summed E-state index contributed by atoms with van der Waals surface area (Å²) >= 11 is 0. The van der Waals surface area contributed by atoms with Crippen LogP contribution in [0, 0.1) is 36.0 Å². The van der Waals surface area contributed by atoms with Crippen LogP contribution in [-0.2, 0) is 11.2 Å². The molecule has 4 unspecified atom stereocenters. The molecule has 0 radical (unpaired) electrons. The van der Waals surface area contributed by atoms with E-state index in [1.54, 1.807) is 6.20 Å². The predicted octanol–water partition coefficient (Wildman–Crippen LogP) is 4.32. The average Bonchev–Trinajstić information content (AvgIpc) is 3.27. The molecular weight excluding hydrogens is 322 g/mol. The number of amides is 1. The Hall–Kier alpha value is -2.28. The van der Waals surface area contributed by atoms with Crippen LogP contribution in [0.3, 0.4) is 0 Å². The molecule has 4 atom stereocenters. The number of rotatable bonds is 6. The van der Waals surface area contributed by atoms with E-state index in [9.17, 15) is 10.1 Å². The van der Waals surface area contributed by atoms with Gasteiger partial charge in [-0.05, 0) is 68.4 Å². The third kappa shape index (κ3) is 3.77. The Balaban J connectivity index is 1.65. The fourth-order valence-corrected chi connectivity index (χ4v) is 4.78. The van der Waals surface area contributed by atoms with Crippen molar-refractivity contribution >= 4 is 11.6 Å². The van der Waals surface area contributed by atoms with E-state index in [0.29, 0.717) is 12.0 Å². The Labute approximate surface area is 156 Å². The Bertz CT molecular complexity index is 746. The van der Waals surface area contributed by atoms with Crippen LogP contribution in [0.2, 0.25) is 0 Å². The van der Waals surface area contributed by atoms with Crippen molar-refractivity contribution in [3.05, 3.63) is 41.1 Å². The molecule has 2 aliphatic carbocycles. The SMILES string of the molecule is CCc1cccc(C)c1NC(=O)/C(C#N)=C\NC(C)C1CC2CCC1C2. The second-order valence-corrected chi connectivity index (χ2v) is 7.88. The first-order valence-electron chi connectivity index (χ1n) is 9.79. The lowest BCUT2D eigenvalue weighted by atomic mass is 9.84. The summed E-state index contributed by atoms with van der Waals surface area (Å²) in [5.41, 5.74) is 3.05. The van der Waals surface area contributed by atoms with Crippen LogP contribution in [0.4, 0.5) is 5.69 Å². The summed E-state index contributed by atoms with van der Waals surface area (Å²) in [6, 6.07) is 8.31. The number of benzene rings is 1. The Morgan fingerprint density at radius 2 is 2.19 bits per heavy atom. The molecule has 2 saturated carbocycles. The maximum atomic E-state index is 12.6. The Kier molecular flexibility index (Phi) is 5.66. The number of hydrogen-bond donors (Lipinski definition) is 2. The highest BCUT2D eigenvalue weighted by Gasteiger charge is 2.41. The summed E-state index contributed by atoms with van der Waals surface area (Å²) < 4.78 is 0. The molecule has 0 aromatic heterocycles. The van der Waals surface area contributed by atoms with E-state index < -0.39 is 0 Å². The monoisotopic (exact) mass is 351 g/mol. The molecule has 2 fully saturated rings. The van der Waals surface area contributed by atoms with Crippen molar-refractivity contribution in [3.8, 4) is 6.07 Å². The summed E-state index contributed by atoms with van der Waals surface area (Å²) in [6.07, 6.45) is 7.80. The van der Waals surface area contributed by atoms with Crippen molar-refractivity contribution in [2.24, 2.45) is 17.8 Å². The summed E-state index contributed by atoms with van der Waals surface area (Å²) in [4.78, 5) is 12.6. The van der Waals surface area contributed by atoms with Crippen LogP contribution in [0.1, 0.15) is 50.7 Å². The molecule has 3 rings (SSSR count). The van der Waals surface area contributed by atoms with Gasteiger partial charge in [-0.25, -0.2) is 0 Å². The van der Waals surface area contributed by atoms with E-state index in [4.69, 9.17) is 0 Å². The third-order valence-corrected chi connectivity index (χ3v) is 6.27. The van der Waals surface area contributed by atoms with Crippen molar-refractivity contribution in [1.82, 2.24) is 5.32 Å². The van der Waals surface area contributed by atoms with Crippen molar-refractivity contribution in [3.63, 3.8) is 0 Å². The van der Waals surface area contributed by atoms with Gasteiger partial charge in [0.05, 0.1) is 0 Å². The number of carbonyl (C=O) groups excluding carboxylic acids is 1. The van der Waals surface area contributed by atoms with Crippen molar-refractivity contribution in [2.45, 2.75) is 58.9 Å². The van der Waals surface area contributed by atoms with Gasteiger partial charge in [0.15, 0.2) is 0 Å². The minimum absolute atomic E-state index is 0.130. The average molecular weight is 351 g/mol. The summed E-state index contributed by atoms with van der Waals surface area (Å²) in [6.45, 7) is 6.20. The zero-order chi connectivity index (χ0) is 18.7. The quantitative estimate of drug-likeness (QED) is 0.592. The summed E-state index contributed by atoms with van der Waals surface area (Å²) in [5, 5.41) is 15.7. The molecule has 1 aromatic rings. The maximum Gasteiger partial charge on any atom is 0.267 e. The van der Waals surface area contributed by atoms with E-state index in [2.05, 4.69) is 24.5 Å². The van der Waals surface area contributed by atoms with E-state index in [0.717, 1.165) is 35.1 Å².